The summed E-state index contributed by atoms with van der Waals surface area (Å²) in [6, 6.07) is 10.4. The molecular formula is C14H14N4. The Bertz CT molecular complexity index is 612. The molecule has 1 N–H and O–H groups in total. The molecule has 2 heterocycles. The molecule has 0 saturated carbocycles. The number of benzene rings is 1. The van der Waals surface area contributed by atoms with Gasteiger partial charge in [-0.3, -0.25) is 0 Å². The molecule has 90 valence electrons. The highest BCUT2D eigenvalue weighted by molar-refractivity contribution is 5.69. The first-order chi connectivity index (χ1) is 8.88. The van der Waals surface area contributed by atoms with Crippen molar-refractivity contribution >= 4 is 11.2 Å². The molecule has 4 heteroatoms. The second kappa shape index (κ2) is 4.56. The average Bonchev–Trinajstić information content (AvgIpc) is 2.84. The molecule has 0 aliphatic rings. The molecule has 1 atom stereocenters. The van der Waals surface area contributed by atoms with E-state index in [9.17, 15) is 0 Å². The fourth-order valence-corrected chi connectivity index (χ4v) is 2.22. The number of aromatic nitrogens is 4. The summed E-state index contributed by atoms with van der Waals surface area (Å²) in [4.78, 5) is 16.0. The lowest BCUT2D eigenvalue weighted by Gasteiger charge is -2.11. The first kappa shape index (κ1) is 10.9. The highest BCUT2D eigenvalue weighted by atomic mass is 15.0. The Labute approximate surface area is 105 Å². The standard InChI is InChI=1S/C14H14N4/c1-2-11(10-6-4-3-5-7-10)13-17-12-8-15-9-16-14(12)18-13/h3-9,11H,2H2,1H3,(H,15,16,17,18). The van der Waals surface area contributed by atoms with Crippen molar-refractivity contribution in [2.75, 3.05) is 0 Å². The molecule has 18 heavy (non-hydrogen) atoms. The lowest BCUT2D eigenvalue weighted by atomic mass is 9.96. The number of hydrogen-bond acceptors (Lipinski definition) is 3. The Morgan fingerprint density at radius 3 is 2.78 bits per heavy atom. The van der Waals surface area contributed by atoms with E-state index in [0.29, 0.717) is 0 Å². The van der Waals surface area contributed by atoms with Gasteiger partial charge >= 0.3 is 0 Å². The van der Waals surface area contributed by atoms with E-state index in [4.69, 9.17) is 0 Å². The summed E-state index contributed by atoms with van der Waals surface area (Å²) in [6.07, 6.45) is 4.28. The van der Waals surface area contributed by atoms with Gasteiger partial charge in [0, 0.05) is 5.92 Å². The Morgan fingerprint density at radius 2 is 2.06 bits per heavy atom. The highest BCUT2D eigenvalue weighted by Gasteiger charge is 2.16. The zero-order chi connectivity index (χ0) is 12.4. The van der Waals surface area contributed by atoms with Gasteiger partial charge in [-0.2, -0.15) is 0 Å². The van der Waals surface area contributed by atoms with E-state index in [-0.39, 0.29) is 5.92 Å². The number of fused-ring (bicyclic) bond motifs is 1. The fraction of sp³-hybridized carbons (Fsp3) is 0.214. The van der Waals surface area contributed by atoms with Gasteiger partial charge in [-0.15, -0.1) is 0 Å². The van der Waals surface area contributed by atoms with Crippen LogP contribution in [0.4, 0.5) is 0 Å². The van der Waals surface area contributed by atoms with Gasteiger partial charge in [0.25, 0.3) is 0 Å². The van der Waals surface area contributed by atoms with E-state index in [1.54, 1.807) is 6.20 Å². The second-order valence-electron chi connectivity index (χ2n) is 4.25. The quantitative estimate of drug-likeness (QED) is 0.763. The van der Waals surface area contributed by atoms with E-state index < -0.39 is 0 Å². The third-order valence-corrected chi connectivity index (χ3v) is 3.12. The highest BCUT2D eigenvalue weighted by Crippen LogP contribution is 2.26. The lowest BCUT2D eigenvalue weighted by Crippen LogP contribution is -2.01. The largest absolute Gasteiger partial charge is 0.339 e. The Hall–Kier alpha value is -2.23. The van der Waals surface area contributed by atoms with Gasteiger partial charge in [-0.05, 0) is 12.0 Å². The van der Waals surface area contributed by atoms with Gasteiger partial charge in [0.2, 0.25) is 0 Å². The van der Waals surface area contributed by atoms with E-state index >= 15 is 0 Å². The molecular weight excluding hydrogens is 224 g/mol. The number of H-pyrrole nitrogens is 1. The van der Waals surface area contributed by atoms with Gasteiger partial charge in [0.1, 0.15) is 17.7 Å². The number of nitrogens with zero attached hydrogens (tertiary/aromatic N) is 3. The predicted octanol–water partition coefficient (Wildman–Crippen LogP) is 2.89. The summed E-state index contributed by atoms with van der Waals surface area (Å²) >= 11 is 0. The predicted molar refractivity (Wildman–Crippen MR) is 70.3 cm³/mol. The van der Waals surface area contributed by atoms with Crippen LogP contribution in [0.5, 0.6) is 0 Å². The molecule has 0 bridgehead atoms. The van der Waals surface area contributed by atoms with Crippen molar-refractivity contribution < 1.29 is 0 Å². The lowest BCUT2D eigenvalue weighted by molar-refractivity contribution is 0.732. The minimum absolute atomic E-state index is 0.278. The Morgan fingerprint density at radius 1 is 1.22 bits per heavy atom. The zero-order valence-electron chi connectivity index (χ0n) is 10.2. The molecule has 1 aromatic carbocycles. The first-order valence-corrected chi connectivity index (χ1v) is 6.09. The molecule has 4 nitrogen and oxygen atoms in total. The number of nitrogens with one attached hydrogen (secondary N) is 1. The molecule has 2 aromatic heterocycles. The van der Waals surface area contributed by atoms with Crippen LogP contribution >= 0.6 is 0 Å². The second-order valence-corrected chi connectivity index (χ2v) is 4.25. The van der Waals surface area contributed by atoms with Crippen LogP contribution < -0.4 is 0 Å². The van der Waals surface area contributed by atoms with Crippen LogP contribution in [-0.2, 0) is 0 Å². The van der Waals surface area contributed by atoms with Gasteiger partial charge in [-0.1, -0.05) is 37.3 Å². The molecule has 0 radical (unpaired) electrons. The third kappa shape index (κ3) is 1.86. The normalized spacial score (nSPS) is 12.7. The monoisotopic (exact) mass is 238 g/mol. The van der Waals surface area contributed by atoms with Crippen LogP contribution in [0.15, 0.2) is 42.9 Å². The molecule has 0 spiro atoms. The summed E-state index contributed by atoms with van der Waals surface area (Å²) in [5.41, 5.74) is 2.89. The molecule has 3 aromatic rings. The molecule has 0 saturated heterocycles. The average molecular weight is 238 g/mol. The van der Waals surface area contributed by atoms with Gasteiger partial charge in [-0.25, -0.2) is 15.0 Å². The van der Waals surface area contributed by atoms with E-state index in [2.05, 4.69) is 51.1 Å². The SMILES string of the molecule is CCC(c1ccccc1)c1nc2ncncc2[nH]1. The molecule has 0 aliphatic heterocycles. The van der Waals surface area contributed by atoms with E-state index in [1.165, 1.54) is 11.9 Å². The van der Waals surface area contributed by atoms with Crippen molar-refractivity contribution in [3.63, 3.8) is 0 Å². The fourth-order valence-electron chi connectivity index (χ4n) is 2.22. The van der Waals surface area contributed by atoms with Crippen molar-refractivity contribution in [2.24, 2.45) is 0 Å². The minimum Gasteiger partial charge on any atom is -0.339 e. The van der Waals surface area contributed by atoms with Gasteiger partial charge in [0.05, 0.1) is 6.20 Å². The van der Waals surface area contributed by atoms with Crippen LogP contribution in [0.1, 0.15) is 30.7 Å². The van der Waals surface area contributed by atoms with Crippen LogP contribution in [0.25, 0.3) is 11.2 Å². The smallest absolute Gasteiger partial charge is 0.180 e. The zero-order valence-corrected chi connectivity index (χ0v) is 10.2. The summed E-state index contributed by atoms with van der Waals surface area (Å²) in [5, 5.41) is 0. The molecule has 1 unspecified atom stereocenters. The van der Waals surface area contributed by atoms with Crippen LogP contribution in [0.3, 0.4) is 0 Å². The maximum Gasteiger partial charge on any atom is 0.180 e. The minimum atomic E-state index is 0.278. The van der Waals surface area contributed by atoms with Crippen molar-refractivity contribution in [1.82, 2.24) is 19.9 Å². The molecule has 0 fully saturated rings. The van der Waals surface area contributed by atoms with Crippen LogP contribution in [0.2, 0.25) is 0 Å². The molecule has 3 rings (SSSR count). The Balaban J connectivity index is 2.06. The van der Waals surface area contributed by atoms with Gasteiger partial charge in [0.15, 0.2) is 5.65 Å². The van der Waals surface area contributed by atoms with E-state index in [0.717, 1.165) is 23.4 Å². The van der Waals surface area contributed by atoms with E-state index in [1.807, 2.05) is 6.07 Å². The topological polar surface area (TPSA) is 54.5 Å². The van der Waals surface area contributed by atoms with Crippen LogP contribution in [0, 0.1) is 0 Å². The third-order valence-electron chi connectivity index (χ3n) is 3.12. The van der Waals surface area contributed by atoms with Crippen molar-refractivity contribution in [3.05, 3.63) is 54.2 Å². The van der Waals surface area contributed by atoms with Crippen molar-refractivity contribution in [2.45, 2.75) is 19.3 Å². The van der Waals surface area contributed by atoms with Crippen molar-refractivity contribution in [3.8, 4) is 0 Å². The number of rotatable bonds is 3. The van der Waals surface area contributed by atoms with Gasteiger partial charge < -0.3 is 4.98 Å². The van der Waals surface area contributed by atoms with Crippen LogP contribution in [-0.4, -0.2) is 19.9 Å². The number of aromatic amines is 1. The summed E-state index contributed by atoms with van der Waals surface area (Å²) in [5.74, 6) is 1.24. The number of hydrogen-bond donors (Lipinski definition) is 1. The van der Waals surface area contributed by atoms with Crippen molar-refractivity contribution in [1.29, 1.82) is 0 Å². The summed E-state index contributed by atoms with van der Waals surface area (Å²) in [7, 11) is 0. The Kier molecular flexibility index (Phi) is 2.76. The molecule has 0 amide bonds. The number of imidazole rings is 1. The summed E-state index contributed by atoms with van der Waals surface area (Å²) < 4.78 is 0. The maximum atomic E-state index is 4.55. The first-order valence-electron chi connectivity index (χ1n) is 6.09. The summed E-state index contributed by atoms with van der Waals surface area (Å²) in [6.45, 7) is 2.16. The maximum absolute atomic E-state index is 4.55. The molecule has 0 aliphatic carbocycles.